The molecule has 0 amide bonds. The third-order valence-corrected chi connectivity index (χ3v) is 2.37. The van der Waals surface area contributed by atoms with Crippen molar-refractivity contribution in [1.82, 2.24) is 9.78 Å². The van der Waals surface area contributed by atoms with Gasteiger partial charge in [-0.1, -0.05) is 6.07 Å². The summed E-state index contributed by atoms with van der Waals surface area (Å²) in [5, 5.41) is 5.29. The SMILES string of the molecule is CCOCCn1ncc2c(N)cccc21. The third-order valence-electron chi connectivity index (χ3n) is 2.37. The lowest BCUT2D eigenvalue weighted by atomic mass is 10.2. The van der Waals surface area contributed by atoms with Crippen molar-refractivity contribution in [3.8, 4) is 0 Å². The first kappa shape index (κ1) is 9.98. The van der Waals surface area contributed by atoms with E-state index in [1.807, 2.05) is 29.8 Å². The molecular weight excluding hydrogens is 190 g/mol. The van der Waals surface area contributed by atoms with Crippen LogP contribution in [0.25, 0.3) is 10.9 Å². The molecule has 4 heteroatoms. The smallest absolute Gasteiger partial charge is 0.0704 e. The highest BCUT2D eigenvalue weighted by atomic mass is 16.5. The fourth-order valence-corrected chi connectivity index (χ4v) is 1.60. The van der Waals surface area contributed by atoms with Crippen molar-refractivity contribution < 1.29 is 4.74 Å². The molecule has 0 saturated carbocycles. The van der Waals surface area contributed by atoms with Crippen LogP contribution in [0.2, 0.25) is 0 Å². The molecule has 0 aliphatic rings. The van der Waals surface area contributed by atoms with Crippen LogP contribution in [0.15, 0.2) is 24.4 Å². The Labute approximate surface area is 88.6 Å². The highest BCUT2D eigenvalue weighted by Crippen LogP contribution is 2.19. The Bertz CT molecular complexity index is 450. The molecule has 2 aromatic rings. The van der Waals surface area contributed by atoms with E-state index in [2.05, 4.69) is 5.10 Å². The van der Waals surface area contributed by atoms with Crippen molar-refractivity contribution in [2.45, 2.75) is 13.5 Å². The highest BCUT2D eigenvalue weighted by Gasteiger charge is 2.03. The van der Waals surface area contributed by atoms with Crippen LogP contribution in [0.1, 0.15) is 6.92 Å². The van der Waals surface area contributed by atoms with Gasteiger partial charge in [-0.3, -0.25) is 4.68 Å². The van der Waals surface area contributed by atoms with Crippen LogP contribution in [-0.2, 0) is 11.3 Å². The summed E-state index contributed by atoms with van der Waals surface area (Å²) in [7, 11) is 0. The monoisotopic (exact) mass is 205 g/mol. The Morgan fingerprint density at radius 1 is 1.47 bits per heavy atom. The molecule has 0 spiro atoms. The number of nitrogens with two attached hydrogens (primary N) is 1. The van der Waals surface area contributed by atoms with E-state index in [4.69, 9.17) is 10.5 Å². The van der Waals surface area contributed by atoms with E-state index >= 15 is 0 Å². The summed E-state index contributed by atoms with van der Waals surface area (Å²) in [6.07, 6.45) is 1.80. The van der Waals surface area contributed by atoms with Gasteiger partial charge in [-0.15, -0.1) is 0 Å². The molecule has 15 heavy (non-hydrogen) atoms. The summed E-state index contributed by atoms with van der Waals surface area (Å²) in [5.41, 5.74) is 7.68. The van der Waals surface area contributed by atoms with Crippen molar-refractivity contribution in [1.29, 1.82) is 0 Å². The second-order valence-corrected chi connectivity index (χ2v) is 3.34. The van der Waals surface area contributed by atoms with E-state index < -0.39 is 0 Å². The lowest BCUT2D eigenvalue weighted by Crippen LogP contribution is -2.06. The van der Waals surface area contributed by atoms with Crippen molar-refractivity contribution >= 4 is 16.6 Å². The van der Waals surface area contributed by atoms with Gasteiger partial charge in [0.2, 0.25) is 0 Å². The van der Waals surface area contributed by atoms with Gasteiger partial charge in [0.25, 0.3) is 0 Å². The normalized spacial score (nSPS) is 11.0. The quantitative estimate of drug-likeness (QED) is 0.610. The molecule has 0 unspecified atom stereocenters. The molecule has 0 aliphatic carbocycles. The third kappa shape index (κ3) is 1.94. The Kier molecular flexibility index (Phi) is 2.87. The summed E-state index contributed by atoms with van der Waals surface area (Å²) in [4.78, 5) is 0. The number of anilines is 1. The molecule has 0 bridgehead atoms. The second-order valence-electron chi connectivity index (χ2n) is 3.34. The molecule has 0 saturated heterocycles. The second kappa shape index (κ2) is 4.31. The molecule has 2 N–H and O–H groups in total. The minimum absolute atomic E-state index is 0.683. The lowest BCUT2D eigenvalue weighted by Gasteiger charge is -2.03. The van der Waals surface area contributed by atoms with Crippen LogP contribution in [0, 0.1) is 0 Å². The Balaban J connectivity index is 2.25. The minimum atomic E-state index is 0.683. The molecule has 80 valence electrons. The van der Waals surface area contributed by atoms with Gasteiger partial charge in [-0.25, -0.2) is 0 Å². The Morgan fingerprint density at radius 3 is 3.13 bits per heavy atom. The number of rotatable bonds is 4. The van der Waals surface area contributed by atoms with Crippen LogP contribution < -0.4 is 5.73 Å². The van der Waals surface area contributed by atoms with Crippen LogP contribution in [0.4, 0.5) is 5.69 Å². The lowest BCUT2D eigenvalue weighted by molar-refractivity contribution is 0.137. The summed E-state index contributed by atoms with van der Waals surface area (Å²) in [6, 6.07) is 5.85. The van der Waals surface area contributed by atoms with E-state index in [1.165, 1.54) is 0 Å². The van der Waals surface area contributed by atoms with Crippen molar-refractivity contribution in [3.05, 3.63) is 24.4 Å². The van der Waals surface area contributed by atoms with E-state index in [9.17, 15) is 0 Å². The average molecular weight is 205 g/mol. The molecule has 0 aliphatic heterocycles. The number of nitrogen functional groups attached to an aromatic ring is 1. The van der Waals surface area contributed by atoms with Crippen molar-refractivity contribution in [2.24, 2.45) is 0 Å². The first-order valence-corrected chi connectivity index (χ1v) is 5.10. The molecule has 1 aromatic heterocycles. The fraction of sp³-hybridized carbons (Fsp3) is 0.364. The molecule has 0 radical (unpaired) electrons. The van der Waals surface area contributed by atoms with Crippen LogP contribution in [0.5, 0.6) is 0 Å². The number of hydrogen-bond acceptors (Lipinski definition) is 3. The summed E-state index contributed by atoms with van der Waals surface area (Å²) < 4.78 is 7.21. The van der Waals surface area contributed by atoms with Gasteiger partial charge >= 0.3 is 0 Å². The molecule has 4 nitrogen and oxygen atoms in total. The standard InChI is InChI=1S/C11H15N3O/c1-2-15-7-6-14-11-5-3-4-10(12)9(11)8-13-14/h3-5,8H,2,6-7,12H2,1H3. The van der Waals surface area contributed by atoms with Gasteiger partial charge in [0, 0.05) is 17.7 Å². The van der Waals surface area contributed by atoms with Crippen molar-refractivity contribution in [2.75, 3.05) is 18.9 Å². The van der Waals surface area contributed by atoms with E-state index in [0.29, 0.717) is 6.61 Å². The van der Waals surface area contributed by atoms with E-state index in [1.54, 1.807) is 6.20 Å². The van der Waals surface area contributed by atoms with Crippen molar-refractivity contribution in [3.63, 3.8) is 0 Å². The summed E-state index contributed by atoms with van der Waals surface area (Å²) in [6.45, 7) is 4.17. The van der Waals surface area contributed by atoms with Gasteiger partial charge in [0.1, 0.15) is 0 Å². The van der Waals surface area contributed by atoms with Gasteiger partial charge < -0.3 is 10.5 Å². The van der Waals surface area contributed by atoms with E-state index in [0.717, 1.165) is 29.7 Å². The van der Waals surface area contributed by atoms with Crippen LogP contribution in [-0.4, -0.2) is 23.0 Å². The first-order chi connectivity index (χ1) is 7.33. The largest absolute Gasteiger partial charge is 0.398 e. The molecule has 2 rings (SSSR count). The van der Waals surface area contributed by atoms with Crippen LogP contribution in [0.3, 0.4) is 0 Å². The average Bonchev–Trinajstić information content (AvgIpc) is 2.64. The summed E-state index contributed by atoms with van der Waals surface area (Å²) >= 11 is 0. The zero-order valence-electron chi connectivity index (χ0n) is 8.81. The number of ether oxygens (including phenoxy) is 1. The van der Waals surface area contributed by atoms with E-state index in [-0.39, 0.29) is 0 Å². The van der Waals surface area contributed by atoms with Crippen LogP contribution >= 0.6 is 0 Å². The van der Waals surface area contributed by atoms with Gasteiger partial charge in [-0.05, 0) is 19.1 Å². The molecule has 0 atom stereocenters. The van der Waals surface area contributed by atoms with Gasteiger partial charge in [-0.2, -0.15) is 5.10 Å². The zero-order valence-corrected chi connectivity index (χ0v) is 8.81. The zero-order chi connectivity index (χ0) is 10.7. The highest BCUT2D eigenvalue weighted by molar-refractivity contribution is 5.90. The predicted octanol–water partition coefficient (Wildman–Crippen LogP) is 1.66. The molecule has 1 heterocycles. The summed E-state index contributed by atoms with van der Waals surface area (Å²) in [5.74, 6) is 0. The Morgan fingerprint density at radius 2 is 2.33 bits per heavy atom. The maximum Gasteiger partial charge on any atom is 0.0704 e. The molecule has 0 fully saturated rings. The Hall–Kier alpha value is -1.55. The number of fused-ring (bicyclic) bond motifs is 1. The topological polar surface area (TPSA) is 53.1 Å². The molecule has 1 aromatic carbocycles. The van der Waals surface area contributed by atoms with Gasteiger partial charge in [0.15, 0.2) is 0 Å². The minimum Gasteiger partial charge on any atom is -0.398 e. The maximum atomic E-state index is 5.84. The molecular formula is C11H15N3O. The predicted molar refractivity (Wildman–Crippen MR) is 60.6 cm³/mol. The first-order valence-electron chi connectivity index (χ1n) is 5.10. The fourth-order valence-electron chi connectivity index (χ4n) is 1.60. The number of benzene rings is 1. The van der Waals surface area contributed by atoms with Gasteiger partial charge in [0.05, 0.1) is 24.9 Å². The number of hydrogen-bond donors (Lipinski definition) is 1. The maximum absolute atomic E-state index is 5.84. The number of aromatic nitrogens is 2. The number of nitrogens with zero attached hydrogens (tertiary/aromatic N) is 2.